The number of pyridine rings is 1. The Labute approximate surface area is 127 Å². The van der Waals surface area contributed by atoms with Gasteiger partial charge in [0.2, 0.25) is 0 Å². The predicted molar refractivity (Wildman–Crippen MR) is 80.7 cm³/mol. The van der Waals surface area contributed by atoms with Gasteiger partial charge < -0.3 is 15.5 Å². The second kappa shape index (κ2) is 6.11. The molecule has 2 rings (SSSR count). The molecule has 1 atom stereocenters. The van der Waals surface area contributed by atoms with Gasteiger partial charge in [0.05, 0.1) is 12.1 Å². The van der Waals surface area contributed by atoms with Crippen molar-refractivity contribution in [3.05, 3.63) is 58.7 Å². The molecule has 1 aromatic heterocycles. The van der Waals surface area contributed by atoms with Gasteiger partial charge in [0.1, 0.15) is 16.5 Å². The summed E-state index contributed by atoms with van der Waals surface area (Å²) in [6.45, 7) is 1.53. The molecule has 1 aromatic carbocycles. The molecular weight excluding hydrogens is 292 g/mol. The van der Waals surface area contributed by atoms with Crippen molar-refractivity contribution in [2.24, 2.45) is 0 Å². The van der Waals surface area contributed by atoms with Crippen molar-refractivity contribution >= 4 is 23.4 Å². The van der Waals surface area contributed by atoms with E-state index in [1.165, 1.54) is 12.1 Å². The van der Waals surface area contributed by atoms with E-state index in [4.69, 9.17) is 11.6 Å². The van der Waals surface area contributed by atoms with Gasteiger partial charge in [0.15, 0.2) is 0 Å². The number of aromatic carboxylic acids is 1. The molecular formula is C15H15ClN2O3. The van der Waals surface area contributed by atoms with Crippen molar-refractivity contribution < 1.29 is 15.0 Å². The zero-order valence-electron chi connectivity index (χ0n) is 11.4. The molecule has 0 amide bonds. The number of nitrogens with one attached hydrogen (secondary N) is 1. The van der Waals surface area contributed by atoms with E-state index in [1.807, 2.05) is 30.3 Å². The second-order valence-corrected chi connectivity index (χ2v) is 5.20. The summed E-state index contributed by atoms with van der Waals surface area (Å²) in [7, 11) is 0. The molecule has 0 fully saturated rings. The van der Waals surface area contributed by atoms with Crippen LogP contribution < -0.4 is 5.32 Å². The molecule has 6 heteroatoms. The first-order chi connectivity index (χ1) is 9.96. The second-order valence-electron chi connectivity index (χ2n) is 4.82. The molecule has 5 nitrogen and oxygen atoms in total. The van der Waals surface area contributed by atoms with E-state index < -0.39 is 11.5 Å². The van der Waals surface area contributed by atoms with E-state index in [9.17, 15) is 15.0 Å². The zero-order chi connectivity index (χ0) is 15.5. The fourth-order valence-electron chi connectivity index (χ4n) is 1.97. The summed E-state index contributed by atoms with van der Waals surface area (Å²) in [6, 6.07) is 12.0. The van der Waals surface area contributed by atoms with Gasteiger partial charge in [0.25, 0.3) is 0 Å². The smallest absolute Gasteiger partial charge is 0.339 e. The van der Waals surface area contributed by atoms with E-state index in [-0.39, 0.29) is 23.1 Å². The van der Waals surface area contributed by atoms with Crippen molar-refractivity contribution in [2.75, 3.05) is 11.9 Å². The average molecular weight is 307 g/mol. The molecule has 0 aliphatic carbocycles. The molecule has 0 aliphatic rings. The molecule has 0 saturated heterocycles. The monoisotopic (exact) mass is 306 g/mol. The fourth-order valence-corrected chi connectivity index (χ4v) is 2.12. The van der Waals surface area contributed by atoms with Gasteiger partial charge in [-0.15, -0.1) is 0 Å². The van der Waals surface area contributed by atoms with Crippen LogP contribution >= 0.6 is 11.6 Å². The third-order valence-corrected chi connectivity index (χ3v) is 3.42. The Morgan fingerprint density at radius 2 is 1.95 bits per heavy atom. The Bertz CT molecular complexity index is 649. The van der Waals surface area contributed by atoms with Crippen LogP contribution in [-0.2, 0) is 5.54 Å². The maximum atomic E-state index is 11.3. The maximum absolute atomic E-state index is 11.3. The Morgan fingerprint density at radius 1 is 1.29 bits per heavy atom. The molecule has 110 valence electrons. The lowest BCUT2D eigenvalue weighted by Crippen LogP contribution is -2.36. The van der Waals surface area contributed by atoms with Crippen molar-refractivity contribution in [3.63, 3.8) is 0 Å². The number of rotatable bonds is 5. The minimum Gasteiger partial charge on any atom is -0.478 e. The standard InChI is InChI=1S/C15H15ClN2O3/c1-15(9-19,10-5-3-2-4-6-10)18-13-11(14(20)21)7-8-12(16)17-13/h2-8,19H,9H2,1H3,(H,17,18)(H,20,21). The maximum Gasteiger partial charge on any atom is 0.339 e. The summed E-state index contributed by atoms with van der Waals surface area (Å²) in [5, 5.41) is 22.1. The number of aromatic nitrogens is 1. The topological polar surface area (TPSA) is 82.5 Å². The van der Waals surface area contributed by atoms with E-state index in [1.54, 1.807) is 6.92 Å². The molecule has 3 N–H and O–H groups in total. The number of hydrogen-bond acceptors (Lipinski definition) is 4. The van der Waals surface area contributed by atoms with Crippen molar-refractivity contribution in [3.8, 4) is 0 Å². The first-order valence-electron chi connectivity index (χ1n) is 6.31. The number of nitrogens with zero attached hydrogens (tertiary/aromatic N) is 1. The van der Waals surface area contributed by atoms with Crippen LogP contribution in [0.2, 0.25) is 5.15 Å². The van der Waals surface area contributed by atoms with Crippen LogP contribution in [0.25, 0.3) is 0 Å². The van der Waals surface area contributed by atoms with E-state index >= 15 is 0 Å². The summed E-state index contributed by atoms with van der Waals surface area (Å²) in [5.74, 6) is -0.995. The highest BCUT2D eigenvalue weighted by molar-refractivity contribution is 6.29. The third kappa shape index (κ3) is 3.32. The van der Waals surface area contributed by atoms with Gasteiger partial charge in [0, 0.05) is 0 Å². The predicted octanol–water partition coefficient (Wildman–Crippen LogP) is 2.75. The molecule has 0 bridgehead atoms. The van der Waals surface area contributed by atoms with Gasteiger partial charge in [-0.1, -0.05) is 41.9 Å². The number of anilines is 1. The quantitative estimate of drug-likeness (QED) is 0.740. The van der Waals surface area contributed by atoms with Crippen LogP contribution in [0.3, 0.4) is 0 Å². The van der Waals surface area contributed by atoms with E-state index in [0.717, 1.165) is 5.56 Å². The minimum absolute atomic E-state index is 0.00462. The highest BCUT2D eigenvalue weighted by Crippen LogP contribution is 2.27. The van der Waals surface area contributed by atoms with Crippen LogP contribution in [0, 0.1) is 0 Å². The molecule has 1 heterocycles. The molecule has 0 radical (unpaired) electrons. The summed E-state index contributed by atoms with van der Waals surface area (Å²) >= 11 is 5.83. The van der Waals surface area contributed by atoms with Crippen LogP contribution in [0.15, 0.2) is 42.5 Å². The Hall–Kier alpha value is -2.11. The van der Waals surface area contributed by atoms with Gasteiger partial charge in [-0.3, -0.25) is 0 Å². The van der Waals surface area contributed by atoms with E-state index in [0.29, 0.717) is 0 Å². The Kier molecular flexibility index (Phi) is 4.45. The van der Waals surface area contributed by atoms with Gasteiger partial charge in [-0.05, 0) is 24.6 Å². The summed E-state index contributed by atoms with van der Waals surface area (Å²) in [4.78, 5) is 15.3. The summed E-state index contributed by atoms with van der Waals surface area (Å²) < 4.78 is 0. The average Bonchev–Trinajstić information content (AvgIpc) is 2.47. The van der Waals surface area contributed by atoms with Crippen molar-refractivity contribution in [1.29, 1.82) is 0 Å². The number of carbonyl (C=O) groups is 1. The lowest BCUT2D eigenvalue weighted by Gasteiger charge is -2.30. The number of aliphatic hydroxyl groups excluding tert-OH is 1. The first-order valence-corrected chi connectivity index (χ1v) is 6.68. The summed E-state index contributed by atoms with van der Waals surface area (Å²) in [5.41, 5.74) is -0.0658. The summed E-state index contributed by atoms with van der Waals surface area (Å²) in [6.07, 6.45) is 0. The lowest BCUT2D eigenvalue weighted by atomic mass is 9.92. The molecule has 0 saturated carbocycles. The first kappa shape index (κ1) is 15.3. The minimum atomic E-state index is -1.12. The lowest BCUT2D eigenvalue weighted by molar-refractivity contribution is 0.0697. The molecule has 1 unspecified atom stereocenters. The molecule has 21 heavy (non-hydrogen) atoms. The highest BCUT2D eigenvalue weighted by atomic mass is 35.5. The Balaban J connectivity index is 2.44. The normalized spacial score (nSPS) is 13.5. The number of benzene rings is 1. The van der Waals surface area contributed by atoms with Gasteiger partial charge in [-0.25, -0.2) is 9.78 Å². The van der Waals surface area contributed by atoms with Gasteiger partial charge >= 0.3 is 5.97 Å². The van der Waals surface area contributed by atoms with Crippen LogP contribution in [0.4, 0.5) is 5.82 Å². The molecule has 0 aliphatic heterocycles. The van der Waals surface area contributed by atoms with Crippen LogP contribution in [0.1, 0.15) is 22.8 Å². The Morgan fingerprint density at radius 3 is 2.52 bits per heavy atom. The third-order valence-electron chi connectivity index (χ3n) is 3.21. The number of carboxylic acids is 1. The number of aliphatic hydroxyl groups is 1. The van der Waals surface area contributed by atoms with Gasteiger partial charge in [-0.2, -0.15) is 0 Å². The van der Waals surface area contributed by atoms with Crippen LogP contribution in [0.5, 0.6) is 0 Å². The van der Waals surface area contributed by atoms with Crippen LogP contribution in [-0.4, -0.2) is 27.8 Å². The zero-order valence-corrected chi connectivity index (χ0v) is 12.1. The highest BCUT2D eigenvalue weighted by Gasteiger charge is 2.28. The van der Waals surface area contributed by atoms with E-state index in [2.05, 4.69) is 10.3 Å². The van der Waals surface area contributed by atoms with Crippen molar-refractivity contribution in [1.82, 2.24) is 4.98 Å². The largest absolute Gasteiger partial charge is 0.478 e. The fraction of sp³-hybridized carbons (Fsp3) is 0.200. The number of carboxylic acid groups (broad SMARTS) is 1. The molecule has 2 aromatic rings. The number of hydrogen-bond donors (Lipinski definition) is 3. The van der Waals surface area contributed by atoms with Crippen molar-refractivity contribution in [2.45, 2.75) is 12.5 Å². The molecule has 0 spiro atoms. The number of halogens is 1. The SMILES string of the molecule is CC(CO)(Nc1nc(Cl)ccc1C(=O)O)c1ccccc1.